The standard InChI is InChI=1S/C25H22BrFN4O6/c1-35-19-9-7-18(8-10-19)30-24(33)25(34)31-28-13-15-11-20(26)23(21(12-15)36-2)37-14-22(32)29-17-5-3-16(27)4-6-17/h3-13H,14H2,1-2H3,(H,29,32)(H,30,33)(H,31,34)/b28-13-. The van der Waals surface area contributed by atoms with Crippen molar-refractivity contribution in [1.82, 2.24) is 5.43 Å². The molecule has 0 atom stereocenters. The largest absolute Gasteiger partial charge is 0.497 e. The molecule has 10 nitrogen and oxygen atoms in total. The Morgan fingerprint density at radius 1 is 0.919 bits per heavy atom. The zero-order chi connectivity index (χ0) is 26.8. The van der Waals surface area contributed by atoms with Crippen LogP contribution in [0.15, 0.2) is 70.2 Å². The third kappa shape index (κ3) is 8.04. The van der Waals surface area contributed by atoms with Gasteiger partial charge in [-0.05, 0) is 82.2 Å². The number of hydrogen-bond acceptors (Lipinski definition) is 7. The second-order valence-electron chi connectivity index (χ2n) is 7.26. The molecule has 0 aliphatic heterocycles. The van der Waals surface area contributed by atoms with E-state index in [2.05, 4.69) is 37.1 Å². The second kappa shape index (κ2) is 13.0. The lowest BCUT2D eigenvalue weighted by atomic mass is 10.2. The molecule has 0 saturated heterocycles. The number of hydrogen-bond donors (Lipinski definition) is 3. The summed E-state index contributed by atoms with van der Waals surface area (Å²) in [6.45, 7) is -0.334. The van der Waals surface area contributed by atoms with E-state index in [9.17, 15) is 18.8 Å². The fraction of sp³-hybridized carbons (Fsp3) is 0.120. The number of anilines is 2. The summed E-state index contributed by atoms with van der Waals surface area (Å²) in [4.78, 5) is 36.2. The zero-order valence-corrected chi connectivity index (χ0v) is 21.3. The molecule has 192 valence electrons. The molecule has 12 heteroatoms. The van der Waals surface area contributed by atoms with Crippen LogP contribution in [0.5, 0.6) is 17.2 Å². The van der Waals surface area contributed by atoms with Crippen LogP contribution in [0.4, 0.5) is 15.8 Å². The first-order valence-corrected chi connectivity index (χ1v) is 11.4. The molecule has 0 aliphatic carbocycles. The van der Waals surface area contributed by atoms with Crippen molar-refractivity contribution in [1.29, 1.82) is 0 Å². The van der Waals surface area contributed by atoms with E-state index in [1.807, 2.05) is 0 Å². The van der Waals surface area contributed by atoms with Crippen molar-refractivity contribution >= 4 is 51.2 Å². The van der Waals surface area contributed by atoms with Gasteiger partial charge in [-0.2, -0.15) is 5.10 Å². The van der Waals surface area contributed by atoms with Gasteiger partial charge in [-0.25, -0.2) is 9.82 Å². The Balaban J connectivity index is 1.56. The van der Waals surface area contributed by atoms with Gasteiger partial charge in [-0.3, -0.25) is 14.4 Å². The molecule has 3 aromatic carbocycles. The molecule has 3 aromatic rings. The minimum Gasteiger partial charge on any atom is -0.497 e. The first kappa shape index (κ1) is 27.1. The number of carbonyl (C=O) groups excluding carboxylic acids is 3. The van der Waals surface area contributed by atoms with Crippen molar-refractivity contribution in [3.8, 4) is 17.2 Å². The van der Waals surface area contributed by atoms with E-state index < -0.39 is 23.5 Å². The van der Waals surface area contributed by atoms with E-state index in [1.165, 1.54) is 44.7 Å². The molecule has 37 heavy (non-hydrogen) atoms. The van der Waals surface area contributed by atoms with Crippen LogP contribution >= 0.6 is 15.9 Å². The van der Waals surface area contributed by atoms with Crippen LogP contribution in [0.2, 0.25) is 0 Å². The molecule has 0 bridgehead atoms. The van der Waals surface area contributed by atoms with Crippen molar-refractivity contribution in [2.24, 2.45) is 5.10 Å². The van der Waals surface area contributed by atoms with E-state index >= 15 is 0 Å². The lowest BCUT2D eigenvalue weighted by molar-refractivity contribution is -0.136. The molecular weight excluding hydrogens is 551 g/mol. The average molecular weight is 573 g/mol. The quantitative estimate of drug-likeness (QED) is 0.204. The Morgan fingerprint density at radius 2 is 1.57 bits per heavy atom. The molecule has 0 spiro atoms. The number of nitrogens with one attached hydrogen (secondary N) is 3. The summed E-state index contributed by atoms with van der Waals surface area (Å²) in [5, 5.41) is 8.82. The number of benzene rings is 3. The molecule has 0 saturated carbocycles. The summed E-state index contributed by atoms with van der Waals surface area (Å²) in [5.41, 5.74) is 3.49. The third-order valence-electron chi connectivity index (χ3n) is 4.66. The van der Waals surface area contributed by atoms with E-state index in [4.69, 9.17) is 14.2 Å². The average Bonchev–Trinajstić information content (AvgIpc) is 2.89. The Hall–Kier alpha value is -4.45. The van der Waals surface area contributed by atoms with E-state index in [-0.39, 0.29) is 18.1 Å². The SMILES string of the molecule is COc1ccc(NC(=O)C(=O)N/N=C\c2cc(Br)c(OCC(=O)Nc3ccc(F)cc3)c(OC)c2)cc1. The highest BCUT2D eigenvalue weighted by molar-refractivity contribution is 9.10. The van der Waals surface area contributed by atoms with Crippen molar-refractivity contribution in [2.75, 3.05) is 31.5 Å². The minimum atomic E-state index is -0.967. The van der Waals surface area contributed by atoms with Crippen LogP contribution in [-0.2, 0) is 14.4 Å². The molecular formula is C25H22BrFN4O6. The highest BCUT2D eigenvalue weighted by atomic mass is 79.9. The van der Waals surface area contributed by atoms with Gasteiger partial charge in [0, 0.05) is 11.4 Å². The normalized spacial score (nSPS) is 10.5. The van der Waals surface area contributed by atoms with Gasteiger partial charge in [-0.15, -0.1) is 0 Å². The maximum Gasteiger partial charge on any atom is 0.329 e. The van der Waals surface area contributed by atoms with Crippen molar-refractivity contribution in [3.63, 3.8) is 0 Å². The Labute approximate surface area is 219 Å². The highest BCUT2D eigenvalue weighted by Crippen LogP contribution is 2.36. The van der Waals surface area contributed by atoms with Crippen LogP contribution in [0, 0.1) is 5.82 Å². The third-order valence-corrected chi connectivity index (χ3v) is 5.25. The summed E-state index contributed by atoms with van der Waals surface area (Å²) < 4.78 is 29.4. The number of rotatable bonds is 9. The summed E-state index contributed by atoms with van der Waals surface area (Å²) in [6, 6.07) is 15.0. The number of carbonyl (C=O) groups is 3. The van der Waals surface area contributed by atoms with Crippen LogP contribution < -0.4 is 30.3 Å². The second-order valence-corrected chi connectivity index (χ2v) is 8.11. The fourth-order valence-electron chi connectivity index (χ4n) is 2.90. The van der Waals surface area contributed by atoms with Crippen LogP contribution in [-0.4, -0.2) is 44.8 Å². The lowest BCUT2D eigenvalue weighted by Gasteiger charge is -2.13. The molecule has 0 aliphatic rings. The number of ether oxygens (including phenoxy) is 3. The van der Waals surface area contributed by atoms with E-state index in [0.29, 0.717) is 27.2 Å². The summed E-state index contributed by atoms with van der Waals surface area (Å²) in [6.07, 6.45) is 1.30. The number of nitrogens with zero attached hydrogens (tertiary/aromatic N) is 1. The molecule has 0 radical (unpaired) electrons. The first-order valence-electron chi connectivity index (χ1n) is 10.6. The predicted octanol–water partition coefficient (Wildman–Crippen LogP) is 3.71. The van der Waals surface area contributed by atoms with E-state index in [0.717, 1.165) is 0 Å². The van der Waals surface area contributed by atoms with Crippen LogP contribution in [0.3, 0.4) is 0 Å². The highest BCUT2D eigenvalue weighted by Gasteiger charge is 2.15. The number of methoxy groups -OCH3 is 2. The lowest BCUT2D eigenvalue weighted by Crippen LogP contribution is -2.32. The van der Waals surface area contributed by atoms with Crippen molar-refractivity contribution in [2.45, 2.75) is 0 Å². The molecule has 0 fully saturated rings. The fourth-order valence-corrected chi connectivity index (χ4v) is 3.48. The monoisotopic (exact) mass is 572 g/mol. The van der Waals surface area contributed by atoms with Crippen LogP contribution in [0.1, 0.15) is 5.56 Å². The summed E-state index contributed by atoms with van der Waals surface area (Å²) in [7, 11) is 2.93. The zero-order valence-electron chi connectivity index (χ0n) is 19.7. The van der Waals surface area contributed by atoms with Crippen molar-refractivity contribution < 1.29 is 33.0 Å². The van der Waals surface area contributed by atoms with E-state index in [1.54, 1.807) is 36.4 Å². The van der Waals surface area contributed by atoms with Gasteiger partial charge >= 0.3 is 11.8 Å². The van der Waals surface area contributed by atoms with Crippen LogP contribution in [0.25, 0.3) is 0 Å². The maximum atomic E-state index is 13.0. The van der Waals surface area contributed by atoms with Gasteiger partial charge in [0.2, 0.25) is 0 Å². The minimum absolute atomic E-state index is 0.261. The summed E-state index contributed by atoms with van der Waals surface area (Å²) in [5.74, 6) is -1.58. The number of hydrazone groups is 1. The Morgan fingerprint density at radius 3 is 2.22 bits per heavy atom. The number of halogens is 2. The summed E-state index contributed by atoms with van der Waals surface area (Å²) >= 11 is 3.35. The Kier molecular flexibility index (Phi) is 9.55. The molecule has 3 N–H and O–H groups in total. The molecule has 3 amide bonds. The maximum absolute atomic E-state index is 13.0. The van der Waals surface area contributed by atoms with Gasteiger partial charge < -0.3 is 24.8 Å². The Bertz CT molecular complexity index is 1300. The number of amides is 3. The van der Waals surface area contributed by atoms with Gasteiger partial charge in [0.05, 0.1) is 24.9 Å². The smallest absolute Gasteiger partial charge is 0.329 e. The molecule has 3 rings (SSSR count). The molecule has 0 unspecified atom stereocenters. The first-order chi connectivity index (χ1) is 17.8. The van der Waals surface area contributed by atoms with Crippen molar-refractivity contribution in [3.05, 3.63) is 76.5 Å². The predicted molar refractivity (Wildman–Crippen MR) is 139 cm³/mol. The van der Waals surface area contributed by atoms with Gasteiger partial charge in [0.15, 0.2) is 18.1 Å². The molecule has 0 heterocycles. The van der Waals surface area contributed by atoms with Gasteiger partial charge in [-0.1, -0.05) is 0 Å². The van der Waals surface area contributed by atoms with Gasteiger partial charge in [0.25, 0.3) is 5.91 Å². The van der Waals surface area contributed by atoms with Gasteiger partial charge in [0.1, 0.15) is 11.6 Å². The molecule has 0 aromatic heterocycles. The topological polar surface area (TPSA) is 127 Å².